The second kappa shape index (κ2) is 5.08. The van der Waals surface area contributed by atoms with Crippen LogP contribution in [0.5, 0.6) is 0 Å². The number of carbonyl (C=O) groups is 1. The minimum absolute atomic E-state index is 0.0747. The van der Waals surface area contributed by atoms with Crippen molar-refractivity contribution in [1.29, 1.82) is 0 Å². The summed E-state index contributed by atoms with van der Waals surface area (Å²) in [6.07, 6.45) is -4.89. The number of hydrogen-bond acceptors (Lipinski definition) is 3. The number of amides is 1. The molecular formula is C12H10F4N4O. The number of anilines is 2. The van der Waals surface area contributed by atoms with Crippen LogP contribution in [0.3, 0.4) is 0 Å². The molecule has 0 spiro atoms. The summed E-state index contributed by atoms with van der Waals surface area (Å²) in [6.45, 7) is 1.59. The second-order valence-corrected chi connectivity index (χ2v) is 4.23. The Morgan fingerprint density at radius 1 is 1.38 bits per heavy atom. The van der Waals surface area contributed by atoms with Crippen molar-refractivity contribution >= 4 is 17.4 Å². The lowest BCUT2D eigenvalue weighted by Gasteiger charge is -2.10. The molecule has 0 aliphatic heterocycles. The molecule has 1 aromatic carbocycles. The van der Waals surface area contributed by atoms with E-state index >= 15 is 0 Å². The Morgan fingerprint density at radius 2 is 2.05 bits per heavy atom. The summed E-state index contributed by atoms with van der Waals surface area (Å²) in [7, 11) is 0. The van der Waals surface area contributed by atoms with Crippen LogP contribution in [-0.2, 0) is 6.18 Å². The Labute approximate surface area is 116 Å². The maximum atomic E-state index is 13.8. The van der Waals surface area contributed by atoms with Gasteiger partial charge in [0.15, 0.2) is 5.82 Å². The number of nitrogens with one attached hydrogen (secondary N) is 2. The number of aromatic amines is 1. The van der Waals surface area contributed by atoms with Crippen molar-refractivity contribution in [2.75, 3.05) is 11.1 Å². The van der Waals surface area contributed by atoms with E-state index in [0.29, 0.717) is 11.8 Å². The Hall–Kier alpha value is -2.58. The third-order valence-corrected chi connectivity index (χ3v) is 2.78. The summed E-state index contributed by atoms with van der Waals surface area (Å²) in [4.78, 5) is 11.8. The monoisotopic (exact) mass is 302 g/mol. The van der Waals surface area contributed by atoms with Crippen LogP contribution < -0.4 is 11.1 Å². The molecule has 2 aromatic rings. The van der Waals surface area contributed by atoms with Gasteiger partial charge >= 0.3 is 6.18 Å². The van der Waals surface area contributed by atoms with Crippen molar-refractivity contribution in [3.63, 3.8) is 0 Å². The predicted octanol–water partition coefficient (Wildman–Crippen LogP) is 2.71. The first-order valence-corrected chi connectivity index (χ1v) is 5.69. The lowest BCUT2D eigenvalue weighted by molar-refractivity contribution is -0.140. The summed E-state index contributed by atoms with van der Waals surface area (Å²) in [5.74, 6) is -2.79. The first-order valence-electron chi connectivity index (χ1n) is 5.69. The fourth-order valence-electron chi connectivity index (χ4n) is 1.63. The van der Waals surface area contributed by atoms with Crippen LogP contribution in [0, 0.1) is 12.7 Å². The number of aryl methyl sites for hydroxylation is 1. The summed E-state index contributed by atoms with van der Waals surface area (Å²) in [6, 6.07) is 2.44. The first-order chi connectivity index (χ1) is 9.71. The van der Waals surface area contributed by atoms with Crippen LogP contribution in [0.1, 0.15) is 21.6 Å². The highest BCUT2D eigenvalue weighted by Crippen LogP contribution is 2.32. The molecule has 5 nitrogen and oxygen atoms in total. The lowest BCUT2D eigenvalue weighted by atomic mass is 10.1. The maximum absolute atomic E-state index is 13.8. The van der Waals surface area contributed by atoms with E-state index in [9.17, 15) is 22.4 Å². The van der Waals surface area contributed by atoms with E-state index in [1.165, 1.54) is 0 Å². The highest BCUT2D eigenvalue weighted by Gasteiger charge is 2.35. The fourth-order valence-corrected chi connectivity index (χ4v) is 1.63. The van der Waals surface area contributed by atoms with Gasteiger partial charge in [-0.3, -0.25) is 9.89 Å². The minimum Gasteiger partial charge on any atom is -0.394 e. The van der Waals surface area contributed by atoms with Crippen LogP contribution in [0.15, 0.2) is 18.2 Å². The summed E-state index contributed by atoms with van der Waals surface area (Å²) >= 11 is 0. The molecule has 0 aliphatic carbocycles. The molecule has 1 heterocycles. The number of nitrogens with zero attached hydrogens (tertiary/aromatic N) is 1. The van der Waals surface area contributed by atoms with Gasteiger partial charge in [0.05, 0.1) is 22.5 Å². The molecule has 0 bridgehead atoms. The molecule has 0 saturated carbocycles. The molecule has 9 heteroatoms. The quantitative estimate of drug-likeness (QED) is 0.746. The van der Waals surface area contributed by atoms with Gasteiger partial charge in [0.1, 0.15) is 5.82 Å². The van der Waals surface area contributed by atoms with E-state index in [1.54, 1.807) is 6.92 Å². The number of nitrogens with two attached hydrogens (primary N) is 1. The number of benzene rings is 1. The Morgan fingerprint density at radius 3 is 2.57 bits per heavy atom. The van der Waals surface area contributed by atoms with Gasteiger partial charge < -0.3 is 11.1 Å². The maximum Gasteiger partial charge on any atom is 0.419 e. The fraction of sp³-hybridized carbons (Fsp3) is 0.167. The van der Waals surface area contributed by atoms with Crippen LogP contribution in [0.25, 0.3) is 0 Å². The summed E-state index contributed by atoms with van der Waals surface area (Å²) < 4.78 is 51.5. The van der Waals surface area contributed by atoms with E-state index in [-0.39, 0.29) is 11.5 Å². The molecule has 0 unspecified atom stereocenters. The van der Waals surface area contributed by atoms with Crippen molar-refractivity contribution in [3.8, 4) is 0 Å². The van der Waals surface area contributed by atoms with E-state index < -0.39 is 29.0 Å². The summed E-state index contributed by atoms with van der Waals surface area (Å²) in [5, 5.41) is 8.29. The smallest absolute Gasteiger partial charge is 0.394 e. The van der Waals surface area contributed by atoms with Crippen LogP contribution >= 0.6 is 0 Å². The van der Waals surface area contributed by atoms with E-state index in [2.05, 4.69) is 15.5 Å². The molecule has 0 aliphatic rings. The number of aromatic nitrogens is 2. The van der Waals surface area contributed by atoms with Crippen molar-refractivity contribution in [2.24, 2.45) is 0 Å². The van der Waals surface area contributed by atoms with Crippen LogP contribution in [0.4, 0.5) is 29.1 Å². The van der Waals surface area contributed by atoms with E-state index in [0.717, 1.165) is 12.1 Å². The van der Waals surface area contributed by atoms with Gasteiger partial charge in [0.25, 0.3) is 5.91 Å². The minimum atomic E-state index is -4.89. The molecule has 1 aromatic heterocycles. The van der Waals surface area contributed by atoms with Gasteiger partial charge in [-0.15, -0.1) is 0 Å². The highest BCUT2D eigenvalue weighted by molar-refractivity contribution is 6.05. The van der Waals surface area contributed by atoms with Crippen molar-refractivity contribution in [3.05, 3.63) is 40.8 Å². The number of H-pyrrole nitrogens is 1. The molecule has 0 saturated heterocycles. The van der Waals surface area contributed by atoms with Crippen molar-refractivity contribution in [1.82, 2.24) is 10.2 Å². The molecule has 21 heavy (non-hydrogen) atoms. The number of alkyl halides is 3. The van der Waals surface area contributed by atoms with E-state index in [4.69, 9.17) is 5.73 Å². The van der Waals surface area contributed by atoms with Gasteiger partial charge in [-0.25, -0.2) is 4.39 Å². The molecule has 0 fully saturated rings. The summed E-state index contributed by atoms with van der Waals surface area (Å²) in [5.41, 5.74) is 3.91. The zero-order chi connectivity index (χ0) is 15.8. The number of halogens is 4. The van der Waals surface area contributed by atoms with Crippen LogP contribution in [0.2, 0.25) is 0 Å². The molecule has 0 radical (unpaired) electrons. The highest BCUT2D eigenvalue weighted by atomic mass is 19.4. The van der Waals surface area contributed by atoms with Gasteiger partial charge in [0, 0.05) is 0 Å². The number of carbonyl (C=O) groups excluding carboxylic acids is 1. The Bertz CT molecular complexity index is 693. The lowest BCUT2D eigenvalue weighted by Crippen LogP contribution is -2.18. The molecule has 112 valence electrons. The Balaban J connectivity index is 2.34. The second-order valence-electron chi connectivity index (χ2n) is 4.23. The predicted molar refractivity (Wildman–Crippen MR) is 67.1 cm³/mol. The van der Waals surface area contributed by atoms with Gasteiger partial charge in [-0.1, -0.05) is 6.07 Å². The largest absolute Gasteiger partial charge is 0.419 e. The number of rotatable bonds is 2. The zero-order valence-electron chi connectivity index (χ0n) is 10.7. The van der Waals surface area contributed by atoms with Gasteiger partial charge in [-0.05, 0) is 19.1 Å². The zero-order valence-corrected chi connectivity index (χ0v) is 10.7. The average molecular weight is 302 g/mol. The van der Waals surface area contributed by atoms with E-state index in [1.807, 2.05) is 0 Å². The van der Waals surface area contributed by atoms with Crippen molar-refractivity contribution < 1.29 is 22.4 Å². The third-order valence-electron chi connectivity index (χ3n) is 2.78. The standard InChI is InChI=1S/C12H10F4N4O/c1-5-9(17)10(20-19-5)18-11(21)6-3-2-4-7(8(6)13)12(14,15)16/h2-4H,17H2,1H3,(H2,18,19,20,21). The third kappa shape index (κ3) is 2.81. The SMILES string of the molecule is Cc1[nH]nc(NC(=O)c2cccc(C(F)(F)F)c2F)c1N. The molecule has 1 amide bonds. The Kier molecular flexibility index (Phi) is 3.58. The molecule has 2 rings (SSSR count). The van der Waals surface area contributed by atoms with Gasteiger partial charge in [-0.2, -0.15) is 18.3 Å². The average Bonchev–Trinajstić information content (AvgIpc) is 2.69. The van der Waals surface area contributed by atoms with Crippen LogP contribution in [-0.4, -0.2) is 16.1 Å². The molecular weight excluding hydrogens is 292 g/mol. The number of hydrogen-bond donors (Lipinski definition) is 3. The van der Waals surface area contributed by atoms with Gasteiger partial charge in [0.2, 0.25) is 0 Å². The van der Waals surface area contributed by atoms with Crippen molar-refractivity contribution in [2.45, 2.75) is 13.1 Å². The molecule has 0 atom stereocenters. The first kappa shape index (κ1) is 14.8. The normalized spacial score (nSPS) is 11.5. The number of nitrogen functional groups attached to an aromatic ring is 1. The molecule has 4 N–H and O–H groups in total. The topological polar surface area (TPSA) is 83.8 Å².